The van der Waals surface area contributed by atoms with Gasteiger partial charge in [0.05, 0.1) is 5.41 Å². The summed E-state index contributed by atoms with van der Waals surface area (Å²) in [6.07, 6.45) is -2.98. The average Bonchev–Trinajstić information content (AvgIpc) is 3.01. The van der Waals surface area contributed by atoms with E-state index in [1.165, 1.54) is 0 Å². The largest absolute Gasteiger partial charge is 0.395 e. The zero-order chi connectivity index (χ0) is 17.9. The first-order chi connectivity index (χ1) is 10.1. The van der Waals surface area contributed by atoms with Crippen molar-refractivity contribution in [3.8, 4) is 0 Å². The number of halogens is 5. The molecule has 2 unspecified atom stereocenters. The molecule has 0 aliphatic heterocycles. The molecular formula is C18H29F5. The maximum absolute atomic E-state index is 13.7. The summed E-state index contributed by atoms with van der Waals surface area (Å²) in [6, 6.07) is 0. The maximum Gasteiger partial charge on any atom is 0.395 e. The third-order valence-electron chi connectivity index (χ3n) is 6.54. The minimum absolute atomic E-state index is 0.0913. The molecule has 5 heteroatoms. The Kier molecular flexibility index (Phi) is 4.39. The highest BCUT2D eigenvalue weighted by Gasteiger charge is 2.75. The first-order valence-electron chi connectivity index (χ1n) is 8.57. The summed E-state index contributed by atoms with van der Waals surface area (Å²) < 4.78 is 67.6. The van der Waals surface area contributed by atoms with Gasteiger partial charge >= 0.3 is 6.18 Å². The maximum atomic E-state index is 13.7. The molecule has 0 amide bonds. The first kappa shape index (κ1) is 19.0. The Morgan fingerprint density at radius 3 is 1.74 bits per heavy atom. The van der Waals surface area contributed by atoms with Crippen LogP contribution in [0.3, 0.4) is 0 Å². The molecule has 0 N–H and O–H groups in total. The van der Waals surface area contributed by atoms with Gasteiger partial charge < -0.3 is 0 Å². The Morgan fingerprint density at radius 1 is 0.913 bits per heavy atom. The van der Waals surface area contributed by atoms with E-state index in [2.05, 4.69) is 0 Å². The van der Waals surface area contributed by atoms with Crippen LogP contribution in [0, 0.1) is 28.1 Å². The Hall–Kier alpha value is -0.350. The van der Waals surface area contributed by atoms with Crippen molar-refractivity contribution >= 4 is 0 Å². The van der Waals surface area contributed by atoms with E-state index in [0.29, 0.717) is 19.3 Å². The molecule has 136 valence electrons. The normalized spacial score (nSPS) is 32.9. The van der Waals surface area contributed by atoms with E-state index < -0.39 is 22.9 Å². The van der Waals surface area contributed by atoms with E-state index in [1.807, 2.05) is 13.8 Å². The molecule has 2 fully saturated rings. The molecule has 23 heavy (non-hydrogen) atoms. The van der Waals surface area contributed by atoms with E-state index >= 15 is 0 Å². The fraction of sp³-hybridized carbons (Fsp3) is 1.00. The second-order valence-corrected chi connectivity index (χ2v) is 9.44. The van der Waals surface area contributed by atoms with Crippen molar-refractivity contribution in [1.29, 1.82) is 0 Å². The molecule has 2 atom stereocenters. The highest BCUT2D eigenvalue weighted by atomic mass is 19.4. The van der Waals surface area contributed by atoms with Gasteiger partial charge in [-0.3, -0.25) is 0 Å². The summed E-state index contributed by atoms with van der Waals surface area (Å²) in [6.45, 7) is 8.91. The third-order valence-corrected chi connectivity index (χ3v) is 6.54. The van der Waals surface area contributed by atoms with Crippen LogP contribution in [-0.4, -0.2) is 12.1 Å². The van der Waals surface area contributed by atoms with E-state index in [4.69, 9.17) is 0 Å². The van der Waals surface area contributed by atoms with Crippen molar-refractivity contribution in [3.05, 3.63) is 0 Å². The second kappa shape index (κ2) is 5.32. The second-order valence-electron chi connectivity index (χ2n) is 9.44. The van der Waals surface area contributed by atoms with Gasteiger partial charge in [-0.05, 0) is 48.3 Å². The van der Waals surface area contributed by atoms with Crippen molar-refractivity contribution in [1.82, 2.24) is 0 Å². The average molecular weight is 340 g/mol. The summed E-state index contributed by atoms with van der Waals surface area (Å²) >= 11 is 0. The number of hydrogen-bond acceptors (Lipinski definition) is 0. The molecule has 2 aliphatic rings. The fourth-order valence-corrected chi connectivity index (χ4v) is 4.89. The molecule has 0 spiro atoms. The molecule has 0 bridgehead atoms. The molecule has 0 saturated heterocycles. The van der Waals surface area contributed by atoms with Crippen LogP contribution in [0.15, 0.2) is 0 Å². The van der Waals surface area contributed by atoms with E-state index in [0.717, 1.165) is 0 Å². The van der Waals surface area contributed by atoms with Crippen molar-refractivity contribution < 1.29 is 22.0 Å². The lowest BCUT2D eigenvalue weighted by atomic mass is 9.66. The Bertz CT molecular complexity index is 417. The van der Waals surface area contributed by atoms with Crippen molar-refractivity contribution in [2.45, 2.75) is 85.2 Å². The molecule has 2 rings (SSSR count). The van der Waals surface area contributed by atoms with E-state index in [1.54, 1.807) is 20.8 Å². The molecule has 0 aromatic heterocycles. The van der Waals surface area contributed by atoms with E-state index in [9.17, 15) is 22.0 Å². The standard InChI is InChI=1S/C18H29F5/c1-14(2,3)17(18(21,22)23)11-13(17)10-15(4,5)12-6-8-16(19,20)9-7-12/h12-13H,6-11H2,1-5H3. The van der Waals surface area contributed by atoms with Crippen LogP contribution in [0.25, 0.3) is 0 Å². The monoisotopic (exact) mass is 340 g/mol. The smallest absolute Gasteiger partial charge is 0.207 e. The van der Waals surface area contributed by atoms with Gasteiger partial charge in [0.1, 0.15) is 0 Å². The Balaban J connectivity index is 2.08. The minimum Gasteiger partial charge on any atom is -0.207 e. The van der Waals surface area contributed by atoms with Gasteiger partial charge in [0.25, 0.3) is 0 Å². The highest BCUT2D eigenvalue weighted by molar-refractivity contribution is 5.14. The van der Waals surface area contributed by atoms with Gasteiger partial charge in [0.2, 0.25) is 5.92 Å². The zero-order valence-corrected chi connectivity index (χ0v) is 14.8. The molecule has 2 saturated carbocycles. The SMILES string of the molecule is CC(C)(CC1CC1(C(C)(C)C)C(F)(F)F)C1CCC(F)(F)CC1. The molecule has 0 aromatic rings. The third kappa shape index (κ3) is 3.39. The Labute approximate surface area is 136 Å². The summed E-state index contributed by atoms with van der Waals surface area (Å²) in [4.78, 5) is 0. The summed E-state index contributed by atoms with van der Waals surface area (Å²) in [7, 11) is 0. The fourth-order valence-electron chi connectivity index (χ4n) is 4.89. The van der Waals surface area contributed by atoms with Crippen LogP contribution in [0.5, 0.6) is 0 Å². The number of alkyl halides is 5. The quantitative estimate of drug-likeness (QED) is 0.493. The summed E-state index contributed by atoms with van der Waals surface area (Å²) in [5.74, 6) is -2.89. The van der Waals surface area contributed by atoms with Crippen LogP contribution in [0.1, 0.15) is 73.1 Å². The lowest BCUT2D eigenvalue weighted by molar-refractivity contribution is -0.222. The molecular weight excluding hydrogens is 311 g/mol. The molecule has 0 heterocycles. The van der Waals surface area contributed by atoms with Gasteiger partial charge in [-0.15, -0.1) is 0 Å². The topological polar surface area (TPSA) is 0 Å². The van der Waals surface area contributed by atoms with Crippen molar-refractivity contribution in [3.63, 3.8) is 0 Å². The number of hydrogen-bond donors (Lipinski definition) is 0. The van der Waals surface area contributed by atoms with Crippen molar-refractivity contribution in [2.75, 3.05) is 0 Å². The van der Waals surface area contributed by atoms with Gasteiger partial charge in [-0.1, -0.05) is 34.6 Å². The summed E-state index contributed by atoms with van der Waals surface area (Å²) in [5.41, 5.74) is -2.76. The predicted molar refractivity (Wildman–Crippen MR) is 81.4 cm³/mol. The predicted octanol–water partition coefficient (Wildman–Crippen LogP) is 6.84. The zero-order valence-electron chi connectivity index (χ0n) is 14.8. The minimum atomic E-state index is -4.20. The van der Waals surface area contributed by atoms with Crippen LogP contribution < -0.4 is 0 Å². The summed E-state index contributed by atoms with van der Waals surface area (Å²) in [5, 5.41) is 0. The molecule has 2 aliphatic carbocycles. The molecule has 0 nitrogen and oxygen atoms in total. The van der Waals surface area contributed by atoms with Gasteiger partial charge in [0, 0.05) is 12.8 Å². The van der Waals surface area contributed by atoms with Gasteiger partial charge in [-0.25, -0.2) is 8.78 Å². The van der Waals surface area contributed by atoms with E-state index in [-0.39, 0.29) is 36.5 Å². The first-order valence-corrected chi connectivity index (χ1v) is 8.57. The van der Waals surface area contributed by atoms with Gasteiger partial charge in [-0.2, -0.15) is 13.2 Å². The molecule has 0 radical (unpaired) electrons. The van der Waals surface area contributed by atoms with Crippen LogP contribution in [-0.2, 0) is 0 Å². The Morgan fingerprint density at radius 2 is 1.39 bits per heavy atom. The lowest BCUT2D eigenvalue weighted by Gasteiger charge is -2.41. The molecule has 0 aromatic carbocycles. The van der Waals surface area contributed by atoms with Crippen LogP contribution >= 0.6 is 0 Å². The highest BCUT2D eigenvalue weighted by Crippen LogP contribution is 2.73. The van der Waals surface area contributed by atoms with Crippen molar-refractivity contribution in [2.24, 2.45) is 28.1 Å². The van der Waals surface area contributed by atoms with Crippen LogP contribution in [0.2, 0.25) is 0 Å². The van der Waals surface area contributed by atoms with Crippen LogP contribution in [0.4, 0.5) is 22.0 Å². The van der Waals surface area contributed by atoms with Gasteiger partial charge in [0.15, 0.2) is 0 Å². The lowest BCUT2D eigenvalue weighted by Crippen LogP contribution is -2.40. The number of rotatable bonds is 3.